The topological polar surface area (TPSA) is 84.9 Å². The molecule has 1 aromatic carbocycles. The summed E-state index contributed by atoms with van der Waals surface area (Å²) < 4.78 is 10.3. The maximum Gasteiger partial charge on any atom is 0.313 e. The van der Waals surface area contributed by atoms with Crippen molar-refractivity contribution in [2.24, 2.45) is 0 Å². The van der Waals surface area contributed by atoms with Crippen molar-refractivity contribution in [3.63, 3.8) is 0 Å². The zero-order valence-electron chi connectivity index (χ0n) is 11.3. The highest BCUT2D eigenvalue weighted by Gasteiger charge is 2.08. The van der Waals surface area contributed by atoms with Gasteiger partial charge in [0.25, 0.3) is 0 Å². The van der Waals surface area contributed by atoms with Crippen LogP contribution in [0.5, 0.6) is 11.5 Å². The van der Waals surface area contributed by atoms with Crippen LogP contribution in [-0.4, -0.2) is 42.7 Å². The molecule has 0 unspecified atom stereocenters. The second-order valence-corrected chi connectivity index (χ2v) is 4.83. The van der Waals surface area contributed by atoms with Crippen molar-refractivity contribution in [3.05, 3.63) is 23.8 Å². The van der Waals surface area contributed by atoms with Gasteiger partial charge < -0.3 is 19.9 Å². The third kappa shape index (κ3) is 5.40. The fraction of sp³-hybridized carbons (Fsp3) is 0.385. The minimum Gasteiger partial charge on any atom is -0.497 e. The summed E-state index contributed by atoms with van der Waals surface area (Å²) in [6.45, 7) is 0.319. The van der Waals surface area contributed by atoms with E-state index in [1.165, 1.54) is 0 Å². The summed E-state index contributed by atoms with van der Waals surface area (Å²) in [4.78, 5) is 21.9. The number of amides is 1. The standard InChI is InChI=1S/C13H17NO5S/c1-18-10-4-3-9(11(5-10)19-2)6-14-12(15)7-20-8-13(16)17/h3-5H,6-8H2,1-2H3,(H,14,15)(H,16,17). The molecule has 110 valence electrons. The molecule has 0 saturated carbocycles. The molecule has 0 radical (unpaired) electrons. The minimum atomic E-state index is -0.931. The molecule has 0 aromatic heterocycles. The molecule has 0 saturated heterocycles. The van der Waals surface area contributed by atoms with Crippen LogP contribution in [0.2, 0.25) is 0 Å². The van der Waals surface area contributed by atoms with Crippen LogP contribution < -0.4 is 14.8 Å². The van der Waals surface area contributed by atoms with Gasteiger partial charge in [-0.25, -0.2) is 0 Å². The number of ether oxygens (including phenoxy) is 2. The molecule has 0 heterocycles. The molecule has 7 heteroatoms. The Bertz CT molecular complexity index is 478. The number of hydrogen-bond donors (Lipinski definition) is 2. The van der Waals surface area contributed by atoms with E-state index in [4.69, 9.17) is 14.6 Å². The Kier molecular flexibility index (Phi) is 6.72. The van der Waals surface area contributed by atoms with E-state index in [1.54, 1.807) is 26.4 Å². The number of carbonyl (C=O) groups is 2. The van der Waals surface area contributed by atoms with Crippen molar-refractivity contribution in [1.29, 1.82) is 0 Å². The van der Waals surface area contributed by atoms with Gasteiger partial charge >= 0.3 is 5.97 Å². The van der Waals surface area contributed by atoms with E-state index < -0.39 is 5.97 Å². The minimum absolute atomic E-state index is 0.0841. The zero-order valence-corrected chi connectivity index (χ0v) is 12.2. The van der Waals surface area contributed by atoms with Gasteiger partial charge in [-0.15, -0.1) is 11.8 Å². The number of carboxylic acid groups (broad SMARTS) is 1. The van der Waals surface area contributed by atoms with E-state index in [0.717, 1.165) is 17.3 Å². The van der Waals surface area contributed by atoms with Crippen LogP contribution in [0.3, 0.4) is 0 Å². The van der Waals surface area contributed by atoms with Crippen LogP contribution in [-0.2, 0) is 16.1 Å². The fourth-order valence-corrected chi connectivity index (χ4v) is 2.04. The first-order valence-electron chi connectivity index (χ1n) is 5.84. The van der Waals surface area contributed by atoms with E-state index in [1.807, 2.05) is 6.07 Å². The number of rotatable bonds is 8. The molecule has 1 aromatic rings. The normalized spacial score (nSPS) is 9.90. The number of carboxylic acids is 1. The molecule has 0 aliphatic rings. The molecular formula is C13H17NO5S. The Labute approximate surface area is 121 Å². The summed E-state index contributed by atoms with van der Waals surface area (Å²) in [7, 11) is 3.11. The molecule has 0 fully saturated rings. The predicted octanol–water partition coefficient (Wildman–Crippen LogP) is 1.14. The lowest BCUT2D eigenvalue weighted by Gasteiger charge is -2.11. The maximum absolute atomic E-state index is 11.5. The predicted molar refractivity (Wildman–Crippen MR) is 76.4 cm³/mol. The number of thioether (sulfide) groups is 1. The average molecular weight is 299 g/mol. The SMILES string of the molecule is COc1ccc(CNC(=O)CSCC(=O)O)c(OC)c1. The number of hydrogen-bond acceptors (Lipinski definition) is 5. The monoisotopic (exact) mass is 299 g/mol. The lowest BCUT2D eigenvalue weighted by molar-refractivity contribution is -0.133. The van der Waals surface area contributed by atoms with Gasteiger partial charge in [-0.3, -0.25) is 9.59 Å². The summed E-state index contributed by atoms with van der Waals surface area (Å²) in [5.74, 6) is 0.190. The molecule has 1 amide bonds. The maximum atomic E-state index is 11.5. The van der Waals surface area contributed by atoms with E-state index in [2.05, 4.69) is 5.32 Å². The van der Waals surface area contributed by atoms with Crippen LogP contribution >= 0.6 is 11.8 Å². The molecule has 6 nitrogen and oxygen atoms in total. The van der Waals surface area contributed by atoms with E-state index in [0.29, 0.717) is 18.0 Å². The number of methoxy groups -OCH3 is 2. The second-order valence-electron chi connectivity index (χ2n) is 3.84. The average Bonchev–Trinajstić information content (AvgIpc) is 2.44. The molecular weight excluding hydrogens is 282 g/mol. The van der Waals surface area contributed by atoms with Gasteiger partial charge in [-0.2, -0.15) is 0 Å². The van der Waals surface area contributed by atoms with Crippen molar-refractivity contribution < 1.29 is 24.2 Å². The van der Waals surface area contributed by atoms with E-state index in [-0.39, 0.29) is 17.4 Å². The van der Waals surface area contributed by atoms with E-state index >= 15 is 0 Å². The van der Waals surface area contributed by atoms with Gasteiger partial charge in [0.05, 0.1) is 25.7 Å². The molecule has 2 N–H and O–H groups in total. The number of aliphatic carboxylic acids is 1. The van der Waals surface area contributed by atoms with Crippen molar-refractivity contribution in [3.8, 4) is 11.5 Å². The molecule has 0 bridgehead atoms. The molecule has 0 aliphatic carbocycles. The largest absolute Gasteiger partial charge is 0.497 e. The highest BCUT2D eigenvalue weighted by Crippen LogP contribution is 2.24. The van der Waals surface area contributed by atoms with Gasteiger partial charge in [0, 0.05) is 18.2 Å². The van der Waals surface area contributed by atoms with Crippen LogP contribution in [0.1, 0.15) is 5.56 Å². The first-order chi connectivity index (χ1) is 9.56. The Balaban J connectivity index is 2.48. The van der Waals surface area contributed by atoms with Crippen molar-refractivity contribution >= 4 is 23.6 Å². The summed E-state index contributed by atoms with van der Waals surface area (Å²) in [5, 5.41) is 11.2. The van der Waals surface area contributed by atoms with Crippen LogP contribution in [0.15, 0.2) is 18.2 Å². The Morgan fingerprint density at radius 1 is 1.25 bits per heavy atom. The first kappa shape index (κ1) is 16.2. The summed E-state index contributed by atoms with van der Waals surface area (Å²) in [5.41, 5.74) is 0.824. The number of carbonyl (C=O) groups excluding carboxylic acids is 1. The highest BCUT2D eigenvalue weighted by atomic mass is 32.2. The number of nitrogens with one attached hydrogen (secondary N) is 1. The van der Waals surface area contributed by atoms with E-state index in [9.17, 15) is 9.59 Å². The Morgan fingerprint density at radius 3 is 2.60 bits per heavy atom. The lowest BCUT2D eigenvalue weighted by Crippen LogP contribution is -2.25. The third-order valence-electron chi connectivity index (χ3n) is 2.43. The van der Waals surface area contributed by atoms with Crippen molar-refractivity contribution in [2.45, 2.75) is 6.54 Å². The van der Waals surface area contributed by atoms with Gasteiger partial charge in [-0.1, -0.05) is 0 Å². The van der Waals surface area contributed by atoms with Crippen LogP contribution in [0, 0.1) is 0 Å². The molecule has 20 heavy (non-hydrogen) atoms. The molecule has 0 aliphatic heterocycles. The van der Waals surface area contributed by atoms with Gasteiger partial charge in [-0.05, 0) is 12.1 Å². The van der Waals surface area contributed by atoms with Gasteiger partial charge in [0.1, 0.15) is 11.5 Å². The third-order valence-corrected chi connectivity index (χ3v) is 3.35. The summed E-state index contributed by atoms with van der Waals surface area (Å²) in [6.07, 6.45) is 0. The van der Waals surface area contributed by atoms with Crippen LogP contribution in [0.25, 0.3) is 0 Å². The van der Waals surface area contributed by atoms with Crippen LogP contribution in [0.4, 0.5) is 0 Å². The van der Waals surface area contributed by atoms with Crippen molar-refractivity contribution in [2.75, 3.05) is 25.7 Å². The Morgan fingerprint density at radius 2 is 2.00 bits per heavy atom. The highest BCUT2D eigenvalue weighted by molar-refractivity contribution is 8.00. The first-order valence-corrected chi connectivity index (χ1v) is 6.99. The smallest absolute Gasteiger partial charge is 0.313 e. The molecule has 1 rings (SSSR count). The van der Waals surface area contributed by atoms with Gasteiger partial charge in [0.15, 0.2) is 0 Å². The molecule has 0 atom stereocenters. The number of benzene rings is 1. The van der Waals surface area contributed by atoms with Crippen molar-refractivity contribution in [1.82, 2.24) is 5.32 Å². The molecule has 0 spiro atoms. The fourth-order valence-electron chi connectivity index (χ4n) is 1.47. The summed E-state index contributed by atoms with van der Waals surface area (Å²) in [6, 6.07) is 5.33. The van der Waals surface area contributed by atoms with Gasteiger partial charge in [0.2, 0.25) is 5.91 Å². The zero-order chi connectivity index (χ0) is 15.0. The lowest BCUT2D eigenvalue weighted by atomic mass is 10.2. The second kappa shape index (κ2) is 8.31. The quantitative estimate of drug-likeness (QED) is 0.749. The summed E-state index contributed by atoms with van der Waals surface area (Å²) >= 11 is 1.06. The Hall–Kier alpha value is -1.89.